The molecule has 2 aromatic heterocycles. The molecule has 0 fully saturated rings. The van der Waals surface area contributed by atoms with Gasteiger partial charge < -0.3 is 0 Å². The zero-order valence-electron chi connectivity index (χ0n) is 9.65. The van der Waals surface area contributed by atoms with Crippen molar-refractivity contribution in [3.05, 3.63) is 52.5 Å². The molecule has 0 aliphatic carbocycles. The summed E-state index contributed by atoms with van der Waals surface area (Å²) in [6, 6.07) is 11.1. The van der Waals surface area contributed by atoms with E-state index in [1.54, 1.807) is 16.8 Å². The highest BCUT2D eigenvalue weighted by Gasteiger charge is 2.16. The Balaban J connectivity index is 2.19. The van der Waals surface area contributed by atoms with Crippen LogP contribution in [0, 0.1) is 0 Å². The van der Waals surface area contributed by atoms with Gasteiger partial charge in [-0.15, -0.1) is 16.4 Å². The number of thiophene rings is 1. The van der Waals surface area contributed by atoms with E-state index in [1.807, 2.05) is 29.6 Å². The lowest BCUT2D eigenvalue weighted by Gasteiger charge is -2.05. The number of carbonyl (C=O) groups excluding carboxylic acids is 1. The van der Waals surface area contributed by atoms with Gasteiger partial charge in [0.15, 0.2) is 12.0 Å². The third kappa shape index (κ3) is 2.18. The van der Waals surface area contributed by atoms with Gasteiger partial charge in [-0.3, -0.25) is 4.79 Å². The van der Waals surface area contributed by atoms with E-state index in [4.69, 9.17) is 11.6 Å². The van der Waals surface area contributed by atoms with Crippen molar-refractivity contribution in [1.29, 1.82) is 0 Å². The van der Waals surface area contributed by atoms with Gasteiger partial charge in [-0.2, -0.15) is 0 Å². The third-order valence-electron chi connectivity index (χ3n) is 2.63. The molecule has 0 N–H and O–H groups in total. The van der Waals surface area contributed by atoms with Gasteiger partial charge in [-0.25, -0.2) is 4.68 Å². The zero-order chi connectivity index (χ0) is 13.2. The van der Waals surface area contributed by atoms with Crippen LogP contribution in [0.15, 0.2) is 41.8 Å². The van der Waals surface area contributed by atoms with Gasteiger partial charge >= 0.3 is 0 Å². The minimum Gasteiger partial charge on any atom is -0.296 e. The van der Waals surface area contributed by atoms with Crippen LogP contribution in [0.5, 0.6) is 0 Å². The van der Waals surface area contributed by atoms with Crippen molar-refractivity contribution in [3.8, 4) is 16.3 Å². The van der Waals surface area contributed by atoms with Gasteiger partial charge in [0.25, 0.3) is 0 Å². The number of hydrogen-bond acceptors (Lipinski definition) is 4. The molecule has 94 valence electrons. The molecular weight excluding hydrogens is 282 g/mol. The van der Waals surface area contributed by atoms with Crippen LogP contribution in [0.4, 0.5) is 0 Å². The lowest BCUT2D eigenvalue weighted by molar-refractivity contribution is 0.111. The first-order valence-corrected chi connectivity index (χ1v) is 6.76. The van der Waals surface area contributed by atoms with Crippen molar-refractivity contribution >= 4 is 29.2 Å². The van der Waals surface area contributed by atoms with Crippen LogP contribution in [-0.4, -0.2) is 21.3 Å². The Labute approximate surface area is 118 Å². The summed E-state index contributed by atoms with van der Waals surface area (Å²) in [6.45, 7) is 0. The second-order valence-corrected chi connectivity index (χ2v) is 5.19. The fourth-order valence-corrected chi connectivity index (χ4v) is 2.67. The van der Waals surface area contributed by atoms with Crippen molar-refractivity contribution in [2.45, 2.75) is 0 Å². The van der Waals surface area contributed by atoms with Gasteiger partial charge in [0.2, 0.25) is 0 Å². The highest BCUT2D eigenvalue weighted by molar-refractivity contribution is 7.13. The van der Waals surface area contributed by atoms with Crippen molar-refractivity contribution in [2.24, 2.45) is 0 Å². The number of aldehydes is 1. The number of hydrogen-bond donors (Lipinski definition) is 0. The normalized spacial score (nSPS) is 10.6. The van der Waals surface area contributed by atoms with E-state index in [1.165, 1.54) is 11.3 Å². The Bertz CT molecular complexity index is 704. The molecule has 0 aliphatic rings. The van der Waals surface area contributed by atoms with Crippen LogP contribution in [0.2, 0.25) is 5.02 Å². The summed E-state index contributed by atoms with van der Waals surface area (Å²) >= 11 is 7.41. The zero-order valence-corrected chi connectivity index (χ0v) is 11.2. The molecule has 0 amide bonds. The van der Waals surface area contributed by atoms with Crippen molar-refractivity contribution in [3.63, 3.8) is 0 Å². The molecule has 1 aromatic carbocycles. The molecule has 4 nitrogen and oxygen atoms in total. The molecule has 0 radical (unpaired) electrons. The monoisotopic (exact) mass is 289 g/mol. The Morgan fingerprint density at radius 2 is 2.00 bits per heavy atom. The van der Waals surface area contributed by atoms with E-state index in [0.29, 0.717) is 22.7 Å². The molecule has 0 saturated heterocycles. The first-order chi connectivity index (χ1) is 9.29. The van der Waals surface area contributed by atoms with Crippen LogP contribution < -0.4 is 0 Å². The second kappa shape index (κ2) is 4.95. The van der Waals surface area contributed by atoms with Crippen molar-refractivity contribution in [2.75, 3.05) is 0 Å². The largest absolute Gasteiger partial charge is 0.296 e. The number of rotatable bonds is 3. The predicted octanol–water partition coefficient (Wildman–Crippen LogP) is 3.46. The summed E-state index contributed by atoms with van der Waals surface area (Å²) < 4.78 is 1.64. The summed E-state index contributed by atoms with van der Waals surface area (Å²) in [5, 5.41) is 10.5. The summed E-state index contributed by atoms with van der Waals surface area (Å²) in [5.74, 6) is 0. The number of nitrogens with zero attached hydrogens (tertiary/aromatic N) is 3. The summed E-state index contributed by atoms with van der Waals surface area (Å²) in [6.07, 6.45) is 0.717. The van der Waals surface area contributed by atoms with Gasteiger partial charge in [0.05, 0.1) is 10.6 Å². The molecule has 0 spiro atoms. The Hall–Kier alpha value is -1.98. The Morgan fingerprint density at radius 3 is 2.63 bits per heavy atom. The lowest BCUT2D eigenvalue weighted by Crippen LogP contribution is -1.98. The molecule has 19 heavy (non-hydrogen) atoms. The topological polar surface area (TPSA) is 47.8 Å². The van der Waals surface area contributed by atoms with E-state index in [-0.39, 0.29) is 0 Å². The van der Waals surface area contributed by atoms with E-state index < -0.39 is 0 Å². The number of carbonyl (C=O) groups is 1. The van der Waals surface area contributed by atoms with Crippen LogP contribution in [0.25, 0.3) is 16.3 Å². The molecule has 6 heteroatoms. The van der Waals surface area contributed by atoms with E-state index >= 15 is 0 Å². The molecule has 3 rings (SSSR count). The molecule has 0 bridgehead atoms. The van der Waals surface area contributed by atoms with Crippen LogP contribution in [0.3, 0.4) is 0 Å². The number of halogens is 1. The van der Waals surface area contributed by atoms with Crippen molar-refractivity contribution in [1.82, 2.24) is 15.0 Å². The average molecular weight is 290 g/mol. The molecular formula is C13H8ClN3OS. The minimum atomic E-state index is 0.331. The quantitative estimate of drug-likeness (QED) is 0.694. The van der Waals surface area contributed by atoms with Gasteiger partial charge in [0, 0.05) is 5.02 Å². The standard InChI is InChI=1S/C13H8ClN3OS/c14-9-3-5-10(6-4-9)17-13(11(8-18)15-16-17)12-2-1-7-19-12/h1-8H. The molecule has 0 atom stereocenters. The fraction of sp³-hybridized carbons (Fsp3) is 0. The maximum absolute atomic E-state index is 11.1. The highest BCUT2D eigenvalue weighted by Crippen LogP contribution is 2.28. The molecule has 0 unspecified atom stereocenters. The lowest BCUT2D eigenvalue weighted by atomic mass is 10.2. The third-order valence-corrected chi connectivity index (χ3v) is 3.76. The maximum atomic E-state index is 11.1. The number of aromatic nitrogens is 3. The maximum Gasteiger partial charge on any atom is 0.172 e. The molecule has 0 saturated carbocycles. The molecule has 2 heterocycles. The van der Waals surface area contributed by atoms with Crippen LogP contribution >= 0.6 is 22.9 Å². The summed E-state index contributed by atoms with van der Waals surface area (Å²) in [5.41, 5.74) is 1.85. The second-order valence-electron chi connectivity index (χ2n) is 3.81. The van der Waals surface area contributed by atoms with Crippen LogP contribution in [0.1, 0.15) is 10.5 Å². The van der Waals surface area contributed by atoms with E-state index in [9.17, 15) is 4.79 Å². The average Bonchev–Trinajstić information content (AvgIpc) is 3.07. The molecule has 3 aromatic rings. The smallest absolute Gasteiger partial charge is 0.172 e. The Morgan fingerprint density at radius 1 is 1.21 bits per heavy atom. The SMILES string of the molecule is O=Cc1nnn(-c2ccc(Cl)cc2)c1-c1cccs1. The molecule has 0 aliphatic heterocycles. The first kappa shape index (κ1) is 12.1. The van der Waals surface area contributed by atoms with Gasteiger partial charge in [0.1, 0.15) is 5.69 Å². The van der Waals surface area contributed by atoms with Crippen molar-refractivity contribution < 1.29 is 4.79 Å². The number of benzene rings is 1. The Kier molecular flexibility index (Phi) is 3.15. The summed E-state index contributed by atoms with van der Waals surface area (Å²) in [4.78, 5) is 12.0. The predicted molar refractivity (Wildman–Crippen MR) is 75.1 cm³/mol. The first-order valence-electron chi connectivity index (χ1n) is 5.50. The van der Waals surface area contributed by atoms with Gasteiger partial charge in [-0.05, 0) is 35.7 Å². The van der Waals surface area contributed by atoms with Crippen LogP contribution in [-0.2, 0) is 0 Å². The highest BCUT2D eigenvalue weighted by atomic mass is 35.5. The van der Waals surface area contributed by atoms with E-state index in [2.05, 4.69) is 10.3 Å². The van der Waals surface area contributed by atoms with Gasteiger partial charge in [-0.1, -0.05) is 22.9 Å². The summed E-state index contributed by atoms with van der Waals surface area (Å²) in [7, 11) is 0. The van der Waals surface area contributed by atoms with E-state index in [0.717, 1.165) is 10.6 Å². The minimum absolute atomic E-state index is 0.331. The fourth-order valence-electron chi connectivity index (χ4n) is 1.78.